The summed E-state index contributed by atoms with van der Waals surface area (Å²) in [6, 6.07) is 13.9. The highest BCUT2D eigenvalue weighted by atomic mass is 16.5. The Balaban J connectivity index is 1.64. The quantitative estimate of drug-likeness (QED) is 0.314. The third-order valence-electron chi connectivity index (χ3n) is 7.21. The van der Waals surface area contributed by atoms with Crippen molar-refractivity contribution >= 4 is 44.2 Å². The monoisotopic (exact) mass is 522 g/mol. The highest BCUT2D eigenvalue weighted by molar-refractivity contribution is 6.23. The molecule has 2 aromatic carbocycles. The van der Waals surface area contributed by atoms with Crippen LogP contribution in [-0.4, -0.2) is 64.0 Å². The molecule has 198 valence electrons. The molecule has 0 atom stereocenters. The number of para-hydroxylation sites is 1. The number of hydrogen-bond donors (Lipinski definition) is 2. The number of carbonyl (C=O) groups is 1. The molecule has 1 aliphatic heterocycles. The van der Waals surface area contributed by atoms with Crippen molar-refractivity contribution in [2.24, 2.45) is 5.73 Å². The van der Waals surface area contributed by atoms with E-state index < -0.39 is 0 Å². The molecule has 1 aliphatic rings. The van der Waals surface area contributed by atoms with E-state index in [2.05, 4.69) is 20.9 Å². The average Bonchev–Trinajstić information content (AvgIpc) is 3.29. The van der Waals surface area contributed by atoms with Gasteiger partial charge >= 0.3 is 0 Å². The number of benzene rings is 2. The van der Waals surface area contributed by atoms with Crippen molar-refractivity contribution in [3.05, 3.63) is 65.7 Å². The molecule has 5 aromatic rings. The predicted molar refractivity (Wildman–Crippen MR) is 152 cm³/mol. The van der Waals surface area contributed by atoms with Crippen LogP contribution < -0.4 is 10.5 Å². The number of morpholine rings is 1. The number of aromatic nitrogens is 4. The highest BCUT2D eigenvalue weighted by Gasteiger charge is 2.23. The van der Waals surface area contributed by atoms with Crippen LogP contribution in [0.5, 0.6) is 5.75 Å². The standard InChI is InChI=1S/C30H30N6O3/c1-17(31)27(18(2)37)22-14-24-21(15-25(22)38-3)28-29(20-8-9-32-23-7-5-4-6-19(20)23)34-26(35-30(28)33-24)16-36-10-12-39-13-11-36/h4-9,14-15H,10-13,16,31H2,1-3H3,(H,33,34,35). The molecule has 4 heterocycles. The van der Waals surface area contributed by atoms with Crippen molar-refractivity contribution in [2.45, 2.75) is 20.4 Å². The number of fused-ring (bicyclic) bond motifs is 4. The zero-order valence-corrected chi connectivity index (χ0v) is 22.2. The van der Waals surface area contributed by atoms with Crippen molar-refractivity contribution in [2.75, 3.05) is 33.4 Å². The van der Waals surface area contributed by atoms with E-state index in [4.69, 9.17) is 25.2 Å². The van der Waals surface area contributed by atoms with Gasteiger partial charge in [-0.05, 0) is 38.1 Å². The lowest BCUT2D eigenvalue weighted by Crippen LogP contribution is -2.36. The van der Waals surface area contributed by atoms with Crippen LogP contribution in [0.25, 0.3) is 49.7 Å². The highest BCUT2D eigenvalue weighted by Crippen LogP contribution is 2.40. The van der Waals surface area contributed by atoms with E-state index in [1.807, 2.05) is 42.6 Å². The SMILES string of the molecule is COc1cc2c(cc1C(C(C)=O)=C(C)N)[nH]c1nc(CN3CCOCC3)nc(-c3ccnc4ccccc34)c12. The first-order valence-electron chi connectivity index (χ1n) is 13.0. The summed E-state index contributed by atoms with van der Waals surface area (Å²) in [6.45, 7) is 6.92. The molecule has 1 fully saturated rings. The molecule has 0 amide bonds. The Hall–Kier alpha value is -4.34. The van der Waals surface area contributed by atoms with E-state index >= 15 is 0 Å². The van der Waals surface area contributed by atoms with Crippen molar-refractivity contribution in [1.29, 1.82) is 0 Å². The lowest BCUT2D eigenvalue weighted by atomic mass is 9.97. The lowest BCUT2D eigenvalue weighted by molar-refractivity contribution is -0.111. The Morgan fingerprint density at radius 3 is 2.64 bits per heavy atom. The van der Waals surface area contributed by atoms with Crippen LogP contribution in [0.1, 0.15) is 25.2 Å². The Bertz CT molecular complexity index is 1760. The molecule has 1 saturated heterocycles. The largest absolute Gasteiger partial charge is 0.496 e. The normalized spacial score (nSPS) is 15.2. The van der Waals surface area contributed by atoms with Crippen molar-refractivity contribution in [3.8, 4) is 17.0 Å². The van der Waals surface area contributed by atoms with Crippen LogP contribution in [0.2, 0.25) is 0 Å². The number of aromatic amines is 1. The van der Waals surface area contributed by atoms with Gasteiger partial charge in [0, 0.05) is 58.0 Å². The maximum atomic E-state index is 12.5. The molecule has 0 unspecified atom stereocenters. The molecule has 0 bridgehead atoms. The van der Waals surface area contributed by atoms with Crippen LogP contribution in [-0.2, 0) is 16.1 Å². The number of H-pyrrole nitrogens is 1. The first kappa shape index (κ1) is 25.0. The molecule has 0 aliphatic carbocycles. The number of allylic oxidation sites excluding steroid dienone is 2. The van der Waals surface area contributed by atoms with Gasteiger partial charge in [-0.1, -0.05) is 18.2 Å². The number of pyridine rings is 1. The summed E-state index contributed by atoms with van der Waals surface area (Å²) in [5.74, 6) is 1.16. The summed E-state index contributed by atoms with van der Waals surface area (Å²) in [4.78, 5) is 33.0. The first-order valence-corrected chi connectivity index (χ1v) is 13.0. The van der Waals surface area contributed by atoms with Gasteiger partial charge in [-0.15, -0.1) is 0 Å². The fraction of sp³-hybridized carbons (Fsp3) is 0.267. The van der Waals surface area contributed by atoms with E-state index in [-0.39, 0.29) is 5.78 Å². The fourth-order valence-electron chi connectivity index (χ4n) is 5.44. The van der Waals surface area contributed by atoms with Gasteiger partial charge in [0.25, 0.3) is 0 Å². The minimum Gasteiger partial charge on any atom is -0.496 e. The fourth-order valence-corrected chi connectivity index (χ4v) is 5.44. The molecule has 0 saturated carbocycles. The number of ketones is 1. The smallest absolute Gasteiger partial charge is 0.162 e. The van der Waals surface area contributed by atoms with E-state index in [1.165, 1.54) is 6.92 Å². The summed E-state index contributed by atoms with van der Waals surface area (Å²) in [5, 5.41) is 2.79. The lowest BCUT2D eigenvalue weighted by Gasteiger charge is -2.25. The van der Waals surface area contributed by atoms with Gasteiger partial charge in [-0.25, -0.2) is 9.97 Å². The summed E-state index contributed by atoms with van der Waals surface area (Å²) in [5.41, 5.74) is 11.9. The van der Waals surface area contributed by atoms with Crippen LogP contribution in [0.15, 0.2) is 54.4 Å². The number of methoxy groups -OCH3 is 1. The van der Waals surface area contributed by atoms with E-state index in [9.17, 15) is 4.79 Å². The zero-order valence-electron chi connectivity index (χ0n) is 22.2. The Kier molecular flexibility index (Phi) is 6.46. The number of nitrogens with zero attached hydrogens (tertiary/aromatic N) is 4. The summed E-state index contributed by atoms with van der Waals surface area (Å²) < 4.78 is 11.3. The second kappa shape index (κ2) is 10.1. The van der Waals surface area contributed by atoms with Crippen LogP contribution in [0.4, 0.5) is 0 Å². The molecular formula is C30H30N6O3. The molecule has 0 spiro atoms. The molecule has 9 heteroatoms. The number of nitrogens with one attached hydrogen (secondary N) is 1. The Labute approximate surface area is 225 Å². The molecule has 3 aromatic heterocycles. The number of ether oxygens (including phenoxy) is 2. The molecule has 9 nitrogen and oxygen atoms in total. The summed E-state index contributed by atoms with van der Waals surface area (Å²) in [6.07, 6.45) is 1.81. The van der Waals surface area contributed by atoms with Gasteiger partial charge in [0.15, 0.2) is 5.78 Å². The van der Waals surface area contributed by atoms with Crippen LogP contribution >= 0.6 is 0 Å². The topological polar surface area (TPSA) is 119 Å². The second-order valence-electron chi connectivity index (χ2n) is 9.81. The Morgan fingerprint density at radius 2 is 1.90 bits per heavy atom. The molecule has 6 rings (SSSR count). The number of rotatable bonds is 6. The van der Waals surface area contributed by atoms with E-state index in [0.29, 0.717) is 42.3 Å². The molecule has 3 N–H and O–H groups in total. The van der Waals surface area contributed by atoms with Gasteiger partial charge in [0.05, 0.1) is 43.5 Å². The number of nitrogens with two attached hydrogens (primary N) is 1. The second-order valence-corrected chi connectivity index (χ2v) is 9.81. The van der Waals surface area contributed by atoms with Crippen molar-refractivity contribution < 1.29 is 14.3 Å². The van der Waals surface area contributed by atoms with Crippen LogP contribution in [0, 0.1) is 0 Å². The van der Waals surface area contributed by atoms with Gasteiger partial charge in [-0.2, -0.15) is 0 Å². The van der Waals surface area contributed by atoms with Crippen molar-refractivity contribution in [3.63, 3.8) is 0 Å². The van der Waals surface area contributed by atoms with Gasteiger partial charge in [-0.3, -0.25) is 14.7 Å². The van der Waals surface area contributed by atoms with Gasteiger partial charge in [0.1, 0.15) is 17.2 Å². The third-order valence-corrected chi connectivity index (χ3v) is 7.21. The minimum absolute atomic E-state index is 0.125. The molecular weight excluding hydrogens is 492 g/mol. The molecule has 0 radical (unpaired) electrons. The Morgan fingerprint density at radius 1 is 1.10 bits per heavy atom. The number of carbonyl (C=O) groups excluding carboxylic acids is 1. The van der Waals surface area contributed by atoms with E-state index in [1.54, 1.807) is 14.0 Å². The number of hydrogen-bond acceptors (Lipinski definition) is 8. The van der Waals surface area contributed by atoms with Crippen LogP contribution in [0.3, 0.4) is 0 Å². The minimum atomic E-state index is -0.125. The van der Waals surface area contributed by atoms with E-state index in [0.717, 1.165) is 63.0 Å². The maximum absolute atomic E-state index is 12.5. The summed E-state index contributed by atoms with van der Waals surface area (Å²) >= 11 is 0. The third kappa shape index (κ3) is 4.49. The first-order chi connectivity index (χ1) is 18.9. The number of Topliss-reactive ketones (excluding diaryl/α,β-unsaturated/α-hetero) is 1. The van der Waals surface area contributed by atoms with Gasteiger partial charge in [0.2, 0.25) is 0 Å². The molecule has 39 heavy (non-hydrogen) atoms. The van der Waals surface area contributed by atoms with Gasteiger partial charge < -0.3 is 20.2 Å². The average molecular weight is 523 g/mol. The zero-order chi connectivity index (χ0) is 27.1. The summed E-state index contributed by atoms with van der Waals surface area (Å²) in [7, 11) is 1.59. The van der Waals surface area contributed by atoms with Crippen molar-refractivity contribution in [1.82, 2.24) is 24.8 Å². The maximum Gasteiger partial charge on any atom is 0.162 e. The predicted octanol–water partition coefficient (Wildman–Crippen LogP) is 4.45.